The highest BCUT2D eigenvalue weighted by molar-refractivity contribution is 5.73. The van der Waals surface area contributed by atoms with Gasteiger partial charge in [0, 0.05) is 0 Å². The Bertz CT molecular complexity index is 381. The number of hydrogen-bond donors (Lipinski definition) is 0. The summed E-state index contributed by atoms with van der Waals surface area (Å²) < 4.78 is 11.6. The van der Waals surface area contributed by atoms with Crippen molar-refractivity contribution in [3.05, 3.63) is 0 Å². The lowest BCUT2D eigenvalue weighted by Crippen LogP contribution is -2.40. The molecule has 136 valence electrons. The van der Waals surface area contributed by atoms with E-state index in [0.717, 1.165) is 77.0 Å². The van der Waals surface area contributed by atoms with Crippen molar-refractivity contribution >= 4 is 11.9 Å². The first-order chi connectivity index (χ1) is 11.7. The minimum atomic E-state index is -0.222. The van der Waals surface area contributed by atoms with Gasteiger partial charge in [0.15, 0.2) is 0 Å². The molecule has 3 saturated carbocycles. The van der Waals surface area contributed by atoms with Crippen LogP contribution in [0.2, 0.25) is 0 Å². The molecule has 3 aliphatic rings. The van der Waals surface area contributed by atoms with E-state index in [9.17, 15) is 9.59 Å². The zero-order valence-electron chi connectivity index (χ0n) is 14.8. The fourth-order valence-electron chi connectivity index (χ4n) is 4.50. The van der Waals surface area contributed by atoms with Gasteiger partial charge in [-0.15, -0.1) is 0 Å². The van der Waals surface area contributed by atoms with Crippen LogP contribution in [0.3, 0.4) is 0 Å². The molecule has 3 aliphatic carbocycles. The Labute approximate surface area is 145 Å². The minimum absolute atomic E-state index is 0.0553. The molecule has 3 rings (SSSR count). The summed E-state index contributed by atoms with van der Waals surface area (Å²) in [5.74, 6) is 0.0198. The van der Waals surface area contributed by atoms with Crippen molar-refractivity contribution in [1.82, 2.24) is 0 Å². The molecule has 0 heterocycles. The van der Waals surface area contributed by atoms with Crippen LogP contribution in [-0.2, 0) is 19.1 Å². The average Bonchev–Trinajstić information content (AvgIpc) is 2.64. The maximum Gasteiger partial charge on any atom is 0.309 e. The summed E-state index contributed by atoms with van der Waals surface area (Å²) in [5.41, 5.74) is 0. The quantitative estimate of drug-likeness (QED) is 0.707. The summed E-state index contributed by atoms with van der Waals surface area (Å²) >= 11 is 0. The van der Waals surface area contributed by atoms with Crippen molar-refractivity contribution in [1.29, 1.82) is 0 Å². The summed E-state index contributed by atoms with van der Waals surface area (Å²) in [5, 5.41) is 0. The van der Waals surface area contributed by atoms with Gasteiger partial charge < -0.3 is 9.47 Å². The molecule has 0 spiro atoms. The van der Waals surface area contributed by atoms with Gasteiger partial charge in [-0.2, -0.15) is 0 Å². The van der Waals surface area contributed by atoms with E-state index < -0.39 is 0 Å². The lowest BCUT2D eigenvalue weighted by molar-refractivity contribution is -0.178. The van der Waals surface area contributed by atoms with Crippen molar-refractivity contribution in [2.24, 2.45) is 11.8 Å². The van der Waals surface area contributed by atoms with Gasteiger partial charge in [0.25, 0.3) is 0 Å². The zero-order chi connectivity index (χ0) is 16.8. The summed E-state index contributed by atoms with van der Waals surface area (Å²) in [4.78, 5) is 24.9. The minimum Gasteiger partial charge on any atom is -0.458 e. The van der Waals surface area contributed by atoms with E-state index in [-0.39, 0.29) is 36.0 Å². The van der Waals surface area contributed by atoms with E-state index in [1.54, 1.807) is 0 Å². The third-order valence-corrected chi connectivity index (χ3v) is 6.05. The van der Waals surface area contributed by atoms with Crippen molar-refractivity contribution < 1.29 is 19.1 Å². The van der Waals surface area contributed by atoms with Gasteiger partial charge in [0.2, 0.25) is 0 Å². The maximum atomic E-state index is 12.4. The fourth-order valence-corrected chi connectivity index (χ4v) is 4.50. The number of hydrogen-bond acceptors (Lipinski definition) is 4. The smallest absolute Gasteiger partial charge is 0.309 e. The standard InChI is InChI=1S/C20H32O4/c21-19(15-9-3-1-4-10-15)23-17-13-7-8-14-18(17)24-20(22)16-11-5-2-6-12-16/h15-18H,1-14H2. The van der Waals surface area contributed by atoms with E-state index in [4.69, 9.17) is 9.47 Å². The van der Waals surface area contributed by atoms with Gasteiger partial charge in [0.1, 0.15) is 12.2 Å². The third-order valence-electron chi connectivity index (χ3n) is 6.05. The van der Waals surface area contributed by atoms with Crippen molar-refractivity contribution in [3.63, 3.8) is 0 Å². The van der Waals surface area contributed by atoms with Crippen LogP contribution in [0.15, 0.2) is 0 Å². The van der Waals surface area contributed by atoms with E-state index in [1.807, 2.05) is 0 Å². The summed E-state index contributed by atoms with van der Waals surface area (Å²) in [6.45, 7) is 0. The number of ether oxygens (including phenoxy) is 2. The zero-order valence-corrected chi connectivity index (χ0v) is 14.8. The first-order valence-corrected chi connectivity index (χ1v) is 10.1. The SMILES string of the molecule is O=C(OC1CCCCC1OC(=O)C1CCCCC1)C1CCCCC1. The molecule has 24 heavy (non-hydrogen) atoms. The van der Waals surface area contributed by atoms with E-state index >= 15 is 0 Å². The Morgan fingerprint density at radius 2 is 0.833 bits per heavy atom. The predicted molar refractivity (Wildman–Crippen MR) is 91.4 cm³/mol. The number of carbonyl (C=O) groups is 2. The lowest BCUT2D eigenvalue weighted by atomic mass is 9.88. The molecule has 0 saturated heterocycles. The second-order valence-corrected chi connectivity index (χ2v) is 7.91. The van der Waals surface area contributed by atoms with Crippen LogP contribution in [0.4, 0.5) is 0 Å². The molecule has 2 atom stereocenters. The molecule has 0 radical (unpaired) electrons. The van der Waals surface area contributed by atoms with Gasteiger partial charge in [0.05, 0.1) is 11.8 Å². The Hall–Kier alpha value is -1.06. The molecular weight excluding hydrogens is 304 g/mol. The Kier molecular flexibility index (Phi) is 6.56. The topological polar surface area (TPSA) is 52.6 Å². The molecule has 0 N–H and O–H groups in total. The van der Waals surface area contributed by atoms with Crippen LogP contribution in [-0.4, -0.2) is 24.1 Å². The highest BCUT2D eigenvalue weighted by Crippen LogP contribution is 2.31. The molecule has 0 amide bonds. The molecule has 0 aromatic heterocycles. The van der Waals surface area contributed by atoms with Crippen LogP contribution in [0.5, 0.6) is 0 Å². The molecule has 4 nitrogen and oxygen atoms in total. The van der Waals surface area contributed by atoms with Gasteiger partial charge in [-0.1, -0.05) is 38.5 Å². The Morgan fingerprint density at radius 1 is 0.500 bits per heavy atom. The molecule has 0 bridgehead atoms. The fraction of sp³-hybridized carbons (Fsp3) is 0.900. The maximum absolute atomic E-state index is 12.4. The molecular formula is C20H32O4. The molecule has 0 aromatic rings. The van der Waals surface area contributed by atoms with Gasteiger partial charge in [-0.05, 0) is 51.4 Å². The lowest BCUT2D eigenvalue weighted by Gasteiger charge is -2.33. The number of esters is 2. The van der Waals surface area contributed by atoms with Crippen LogP contribution in [0, 0.1) is 11.8 Å². The van der Waals surface area contributed by atoms with Crippen molar-refractivity contribution in [2.75, 3.05) is 0 Å². The second-order valence-electron chi connectivity index (χ2n) is 7.91. The highest BCUT2D eigenvalue weighted by Gasteiger charge is 2.35. The molecule has 2 unspecified atom stereocenters. The van der Waals surface area contributed by atoms with E-state index in [0.29, 0.717) is 0 Å². The van der Waals surface area contributed by atoms with Crippen molar-refractivity contribution in [2.45, 2.75) is 102 Å². The molecule has 0 aliphatic heterocycles. The van der Waals surface area contributed by atoms with Gasteiger partial charge >= 0.3 is 11.9 Å². The summed E-state index contributed by atoms with van der Waals surface area (Å²) in [6.07, 6.45) is 14.1. The Balaban J connectivity index is 1.52. The average molecular weight is 336 g/mol. The van der Waals surface area contributed by atoms with Crippen LogP contribution >= 0.6 is 0 Å². The van der Waals surface area contributed by atoms with Gasteiger partial charge in [-0.3, -0.25) is 9.59 Å². The summed E-state index contributed by atoms with van der Waals surface area (Å²) in [7, 11) is 0. The highest BCUT2D eigenvalue weighted by atomic mass is 16.6. The largest absolute Gasteiger partial charge is 0.458 e. The van der Waals surface area contributed by atoms with Crippen LogP contribution < -0.4 is 0 Å². The first kappa shape index (κ1) is 17.8. The molecule has 0 aromatic carbocycles. The van der Waals surface area contributed by atoms with Crippen LogP contribution in [0.1, 0.15) is 89.9 Å². The first-order valence-electron chi connectivity index (χ1n) is 10.1. The van der Waals surface area contributed by atoms with Crippen molar-refractivity contribution in [3.8, 4) is 0 Å². The van der Waals surface area contributed by atoms with Crippen LogP contribution in [0.25, 0.3) is 0 Å². The number of rotatable bonds is 4. The van der Waals surface area contributed by atoms with Gasteiger partial charge in [-0.25, -0.2) is 0 Å². The summed E-state index contributed by atoms with van der Waals surface area (Å²) in [6, 6.07) is 0. The molecule has 3 fully saturated rings. The van der Waals surface area contributed by atoms with E-state index in [1.165, 1.54) is 12.8 Å². The normalized spacial score (nSPS) is 29.8. The predicted octanol–water partition coefficient (Wildman–Crippen LogP) is 4.54. The monoisotopic (exact) mass is 336 g/mol. The molecule has 4 heteroatoms. The Morgan fingerprint density at radius 3 is 1.21 bits per heavy atom. The number of carbonyl (C=O) groups excluding carboxylic acids is 2. The second kappa shape index (κ2) is 8.87. The third kappa shape index (κ3) is 4.73. The van der Waals surface area contributed by atoms with E-state index in [2.05, 4.69) is 0 Å².